The van der Waals surface area contributed by atoms with Gasteiger partial charge in [0.2, 0.25) is 23.0 Å². The number of carbonyl (C=O) groups is 2. The van der Waals surface area contributed by atoms with Gasteiger partial charge in [0, 0.05) is 36.6 Å². The lowest BCUT2D eigenvalue weighted by Gasteiger charge is -2.08. The molecule has 27 heavy (non-hydrogen) atoms. The number of nitrogens with zero attached hydrogens (tertiary/aromatic N) is 1. The first-order valence-corrected chi connectivity index (χ1v) is 9.05. The van der Waals surface area contributed by atoms with Gasteiger partial charge in [-0.05, 0) is 24.5 Å². The lowest BCUT2D eigenvalue weighted by molar-refractivity contribution is -0.653. The predicted octanol–water partition coefficient (Wildman–Crippen LogP) is 3.24. The summed E-state index contributed by atoms with van der Waals surface area (Å²) < 4.78 is 1.69. The lowest BCUT2D eigenvalue weighted by Crippen LogP contribution is -2.50. The third kappa shape index (κ3) is 4.29. The third-order valence-corrected chi connectivity index (χ3v) is 4.70. The number of nitrogen functional groups attached to an aromatic ring is 1. The Morgan fingerprint density at radius 3 is 2.30 bits per heavy atom. The van der Waals surface area contributed by atoms with Gasteiger partial charge in [0.25, 0.3) is 0 Å². The number of benzene rings is 2. The molecule has 0 aliphatic carbocycles. The van der Waals surface area contributed by atoms with Crippen LogP contribution >= 0.6 is 0 Å². The second-order valence-electron chi connectivity index (χ2n) is 6.56. The molecule has 0 saturated carbocycles. The zero-order chi connectivity index (χ0) is 19.2. The van der Waals surface area contributed by atoms with E-state index in [-0.39, 0.29) is 0 Å². The van der Waals surface area contributed by atoms with Crippen LogP contribution in [0.3, 0.4) is 0 Å². The molecular weight excluding hydrogens is 336 g/mol. The minimum atomic E-state index is -0.471. The molecule has 2 aromatic carbocycles. The van der Waals surface area contributed by atoms with Crippen molar-refractivity contribution in [3.8, 4) is 0 Å². The van der Waals surface area contributed by atoms with E-state index in [1.165, 1.54) is 0 Å². The number of ketones is 2. The number of pyridine rings is 1. The maximum absolute atomic E-state index is 12.7. The van der Waals surface area contributed by atoms with Gasteiger partial charge in [-0.3, -0.25) is 9.59 Å². The van der Waals surface area contributed by atoms with Crippen molar-refractivity contribution in [1.29, 1.82) is 0 Å². The van der Waals surface area contributed by atoms with Gasteiger partial charge >= 0.3 is 0 Å². The Bertz CT molecular complexity index is 965. The van der Waals surface area contributed by atoms with Crippen LogP contribution in [0.4, 0.5) is 0 Å². The Hall–Kier alpha value is -3.27. The topological polar surface area (TPSA) is 64.0 Å². The molecule has 4 nitrogen and oxygen atoms in total. The number of aromatic nitrogens is 1. The monoisotopic (exact) mass is 359 g/mol. The summed E-state index contributed by atoms with van der Waals surface area (Å²) in [7, 11) is 0. The molecule has 0 aliphatic heterocycles. The molecule has 0 aliphatic rings. The van der Waals surface area contributed by atoms with Crippen molar-refractivity contribution >= 4 is 11.6 Å². The van der Waals surface area contributed by atoms with E-state index in [1.807, 2.05) is 43.3 Å². The first-order chi connectivity index (χ1) is 13.1. The molecule has 1 aromatic heterocycles. The molecule has 4 heteroatoms. The van der Waals surface area contributed by atoms with Crippen molar-refractivity contribution in [1.82, 2.24) is 0 Å². The second kappa shape index (κ2) is 8.41. The molecule has 0 unspecified atom stereocenters. The van der Waals surface area contributed by atoms with E-state index in [4.69, 9.17) is 5.84 Å². The maximum atomic E-state index is 12.7. The van der Waals surface area contributed by atoms with Crippen LogP contribution in [0.5, 0.6) is 0 Å². The van der Waals surface area contributed by atoms with Gasteiger partial charge in [-0.25, -0.2) is 5.84 Å². The summed E-state index contributed by atoms with van der Waals surface area (Å²) in [4.78, 5) is 25.2. The molecule has 0 atom stereocenters. The van der Waals surface area contributed by atoms with Crippen LogP contribution in [0.25, 0.3) is 0 Å². The summed E-state index contributed by atoms with van der Waals surface area (Å²) in [6.07, 6.45) is 2.34. The van der Waals surface area contributed by atoms with Crippen molar-refractivity contribution in [2.45, 2.75) is 26.2 Å². The normalized spacial score (nSPS) is 10.6. The SMILES string of the molecule is Cc1cccc(CCCc2ccccc2C(=O)C(=O)c2ccccc2)[n+]1N. The number of aryl methyl sites for hydroxylation is 3. The summed E-state index contributed by atoms with van der Waals surface area (Å²) in [5.41, 5.74) is 3.83. The molecule has 0 amide bonds. The molecule has 0 fully saturated rings. The van der Waals surface area contributed by atoms with E-state index in [1.54, 1.807) is 41.1 Å². The fourth-order valence-electron chi connectivity index (χ4n) is 3.15. The number of hydrogen-bond donors (Lipinski definition) is 1. The largest absolute Gasteiger partial charge is 0.285 e. The fourth-order valence-corrected chi connectivity index (χ4v) is 3.15. The van der Waals surface area contributed by atoms with Gasteiger partial charge in [-0.2, -0.15) is 0 Å². The van der Waals surface area contributed by atoms with Crippen LogP contribution in [-0.2, 0) is 12.8 Å². The Morgan fingerprint density at radius 1 is 0.815 bits per heavy atom. The summed E-state index contributed by atoms with van der Waals surface area (Å²) in [5, 5.41) is 0. The van der Waals surface area contributed by atoms with Crippen LogP contribution in [0, 0.1) is 6.92 Å². The molecule has 0 radical (unpaired) electrons. The summed E-state index contributed by atoms with van der Waals surface area (Å²) in [5.74, 6) is 5.13. The zero-order valence-electron chi connectivity index (χ0n) is 15.4. The molecule has 3 aromatic rings. The van der Waals surface area contributed by atoms with Gasteiger partial charge in [0.05, 0.1) is 0 Å². The molecule has 0 spiro atoms. The Kier molecular flexibility index (Phi) is 5.77. The number of hydrogen-bond acceptors (Lipinski definition) is 3. The van der Waals surface area contributed by atoms with Crippen LogP contribution in [-0.4, -0.2) is 11.6 Å². The zero-order valence-corrected chi connectivity index (χ0v) is 15.4. The van der Waals surface area contributed by atoms with Crippen molar-refractivity contribution in [2.75, 3.05) is 5.84 Å². The standard InChI is InChI=1S/C23H23N2O2/c1-17-9-7-14-20(25(17)24)15-8-13-18-10-5-6-16-21(18)23(27)22(26)19-11-3-2-4-12-19/h2-7,9-12,14,16H,8,13,15,24H2,1H3/q+1. The minimum Gasteiger partial charge on any atom is -0.285 e. The minimum absolute atomic E-state index is 0.418. The van der Waals surface area contributed by atoms with E-state index < -0.39 is 11.6 Å². The molecule has 0 bridgehead atoms. The number of Topliss-reactive ketones (excluding diaryl/α,β-unsaturated/α-hetero) is 2. The molecule has 136 valence electrons. The van der Waals surface area contributed by atoms with Gasteiger partial charge < -0.3 is 0 Å². The second-order valence-corrected chi connectivity index (χ2v) is 6.56. The highest BCUT2D eigenvalue weighted by Gasteiger charge is 2.20. The summed E-state index contributed by atoms with van der Waals surface area (Å²) in [6.45, 7) is 1.96. The third-order valence-electron chi connectivity index (χ3n) is 4.70. The Morgan fingerprint density at radius 2 is 1.52 bits per heavy atom. The van der Waals surface area contributed by atoms with E-state index in [2.05, 4.69) is 0 Å². The molecule has 2 N–H and O–H groups in total. The van der Waals surface area contributed by atoms with Gasteiger partial charge in [-0.15, -0.1) is 0 Å². The van der Waals surface area contributed by atoms with Crippen LogP contribution in [0.1, 0.15) is 44.1 Å². The van der Waals surface area contributed by atoms with Gasteiger partial charge in [0.1, 0.15) is 0 Å². The smallest absolute Gasteiger partial charge is 0.233 e. The Labute approximate surface area is 159 Å². The summed E-state index contributed by atoms with van der Waals surface area (Å²) >= 11 is 0. The first kappa shape index (κ1) is 18.5. The highest BCUT2D eigenvalue weighted by molar-refractivity contribution is 6.49. The first-order valence-electron chi connectivity index (χ1n) is 9.05. The van der Waals surface area contributed by atoms with E-state index >= 15 is 0 Å². The van der Waals surface area contributed by atoms with Gasteiger partial charge in [-0.1, -0.05) is 59.3 Å². The molecule has 1 heterocycles. The van der Waals surface area contributed by atoms with Crippen molar-refractivity contribution in [3.05, 3.63) is 101 Å². The fraction of sp³-hybridized carbons (Fsp3) is 0.174. The molecule has 0 saturated heterocycles. The van der Waals surface area contributed by atoms with Crippen LogP contribution in [0.15, 0.2) is 72.8 Å². The van der Waals surface area contributed by atoms with Crippen molar-refractivity contribution in [3.63, 3.8) is 0 Å². The highest BCUT2D eigenvalue weighted by atomic mass is 16.2. The average Bonchev–Trinajstić information content (AvgIpc) is 2.71. The van der Waals surface area contributed by atoms with Crippen LogP contribution < -0.4 is 10.5 Å². The highest BCUT2D eigenvalue weighted by Crippen LogP contribution is 2.16. The number of rotatable bonds is 7. The summed E-state index contributed by atoms with van der Waals surface area (Å²) in [6, 6.07) is 22.0. The van der Waals surface area contributed by atoms with E-state index in [9.17, 15) is 9.59 Å². The van der Waals surface area contributed by atoms with Crippen LogP contribution in [0.2, 0.25) is 0 Å². The van der Waals surface area contributed by atoms with Gasteiger partial charge in [0.15, 0.2) is 0 Å². The average molecular weight is 359 g/mol. The lowest BCUT2D eigenvalue weighted by atomic mass is 9.94. The Balaban J connectivity index is 1.73. The number of nitrogens with two attached hydrogens (primary N) is 1. The van der Waals surface area contributed by atoms with E-state index in [0.29, 0.717) is 17.5 Å². The van der Waals surface area contributed by atoms with Crippen molar-refractivity contribution in [2.24, 2.45) is 0 Å². The molecular formula is C23H23N2O2+. The molecule has 3 rings (SSSR count). The number of carbonyl (C=O) groups excluding carboxylic acids is 2. The maximum Gasteiger partial charge on any atom is 0.233 e. The van der Waals surface area contributed by atoms with E-state index in [0.717, 1.165) is 29.8 Å². The van der Waals surface area contributed by atoms with Crippen molar-refractivity contribution < 1.29 is 14.3 Å². The predicted molar refractivity (Wildman–Crippen MR) is 105 cm³/mol. The quantitative estimate of drug-likeness (QED) is 0.305.